The predicted molar refractivity (Wildman–Crippen MR) is 173 cm³/mol. The fourth-order valence-electron chi connectivity index (χ4n) is 5.23. The topological polar surface area (TPSA) is 294 Å². The van der Waals surface area contributed by atoms with Gasteiger partial charge in [0, 0.05) is 33.9 Å². The molecule has 2 aliphatic carbocycles. The van der Waals surface area contributed by atoms with Gasteiger partial charge in [0.05, 0.1) is 31.8 Å². The Labute approximate surface area is 273 Å². The molecule has 0 heterocycles. The van der Waals surface area contributed by atoms with Crippen LogP contribution < -0.4 is 16.2 Å². The maximum atomic E-state index is 13.8. The van der Waals surface area contributed by atoms with Crippen molar-refractivity contribution in [2.45, 2.75) is 23.1 Å². The number of hydrogen-bond donors (Lipinski definition) is 8. The molecule has 254 valence electrons. The molecule has 2 aliphatic rings. The summed E-state index contributed by atoms with van der Waals surface area (Å²) in [6, 6.07) is 11.0. The number of nitrogens with one attached hydrogen (secondary N) is 4. The van der Waals surface area contributed by atoms with Gasteiger partial charge >= 0.3 is 0 Å². The third-order valence-corrected chi connectivity index (χ3v) is 11.1. The van der Waals surface area contributed by atoms with Gasteiger partial charge in [-0.15, -0.1) is 0 Å². The van der Waals surface area contributed by atoms with E-state index in [0.29, 0.717) is 5.69 Å². The van der Waals surface area contributed by atoms with Crippen LogP contribution in [0.1, 0.15) is 13.3 Å². The average molecular weight is 741 g/mol. The summed E-state index contributed by atoms with van der Waals surface area (Å²) in [7, 11) is -19.3. The van der Waals surface area contributed by atoms with E-state index in [1.807, 2.05) is 0 Å². The van der Waals surface area contributed by atoms with Crippen LogP contribution in [-0.2, 0) is 45.3 Å². The lowest BCUT2D eigenvalue weighted by Gasteiger charge is -2.37. The molecule has 1 unspecified atom stereocenters. The SMILES string of the molecule is CC12C=C(S(=O)(=O)O)C(=N)C=C1C(=O)C(Nc1ccc(NNc3ccc(S(=O)(=O)O)cc3)c3ccc(S(=O)(=O)O)cc13)=C(S(=O)(=O)O)C2. The molecule has 0 spiro atoms. The second-order valence-corrected chi connectivity index (χ2v) is 16.5. The van der Waals surface area contributed by atoms with Crippen molar-refractivity contribution in [2.75, 3.05) is 16.2 Å². The quantitative estimate of drug-likeness (QED) is 0.115. The number of fused-ring (bicyclic) bond motifs is 2. The molecule has 48 heavy (non-hydrogen) atoms. The van der Waals surface area contributed by atoms with E-state index in [-0.39, 0.29) is 32.6 Å². The predicted octanol–water partition coefficient (Wildman–Crippen LogP) is 2.99. The Morgan fingerprint density at radius 2 is 1.29 bits per heavy atom. The first-order chi connectivity index (χ1) is 22.0. The maximum absolute atomic E-state index is 13.8. The summed E-state index contributed by atoms with van der Waals surface area (Å²) in [5, 5.41) is 10.9. The average Bonchev–Trinajstić information content (AvgIpc) is 2.96. The standard InChI is InChI=1S/C27H24N4O13S4/c1-27-12-23(47(39,40)41)20(28)11-19(27)26(32)25(24(13-27)48(42,43)44)29-21-8-9-22(17-7-6-16(10-18(17)21)46(36,37)38)31-30-14-2-4-15(5-3-14)45(33,34)35/h2-12,28-31H,13H2,1H3,(H,33,34,35)(H,36,37,38)(H,39,40,41)(H,42,43,44). The summed E-state index contributed by atoms with van der Waals surface area (Å²) in [5.41, 5.74) is 2.69. The lowest BCUT2D eigenvalue weighted by Crippen LogP contribution is -2.38. The van der Waals surface area contributed by atoms with Crippen LogP contribution in [0.15, 0.2) is 97.6 Å². The molecule has 8 N–H and O–H groups in total. The molecule has 17 nitrogen and oxygen atoms in total. The smallest absolute Gasteiger partial charge is 0.296 e. The summed E-state index contributed by atoms with van der Waals surface area (Å²) in [4.78, 5) is 11.1. The third kappa shape index (κ3) is 6.75. The number of hydrazine groups is 1. The molecule has 3 aromatic rings. The van der Waals surface area contributed by atoms with Crippen LogP contribution in [0.3, 0.4) is 0 Å². The van der Waals surface area contributed by atoms with Gasteiger partial charge in [0.2, 0.25) is 5.78 Å². The largest absolute Gasteiger partial charge is 0.351 e. The Kier molecular flexibility index (Phi) is 8.41. The number of allylic oxidation sites excluding steroid dienone is 5. The van der Waals surface area contributed by atoms with Crippen molar-refractivity contribution in [2.24, 2.45) is 5.41 Å². The Morgan fingerprint density at radius 1 is 0.708 bits per heavy atom. The number of ketones is 1. The van der Waals surface area contributed by atoms with Gasteiger partial charge in [0.1, 0.15) is 10.6 Å². The van der Waals surface area contributed by atoms with Crippen LogP contribution >= 0.6 is 0 Å². The molecule has 0 radical (unpaired) electrons. The molecular formula is C27H24N4O13S4. The third-order valence-electron chi connectivity index (χ3n) is 7.53. The van der Waals surface area contributed by atoms with E-state index in [4.69, 9.17) is 5.41 Å². The van der Waals surface area contributed by atoms with Crippen molar-refractivity contribution in [1.29, 1.82) is 5.41 Å². The van der Waals surface area contributed by atoms with Crippen molar-refractivity contribution >= 4 is 79.8 Å². The molecule has 0 bridgehead atoms. The monoisotopic (exact) mass is 740 g/mol. The number of rotatable bonds is 9. The molecule has 1 atom stereocenters. The second-order valence-electron chi connectivity index (χ2n) is 10.9. The van der Waals surface area contributed by atoms with Crippen molar-refractivity contribution in [3.05, 3.63) is 87.8 Å². The van der Waals surface area contributed by atoms with Gasteiger partial charge in [-0.05, 0) is 54.6 Å². The Morgan fingerprint density at radius 3 is 1.85 bits per heavy atom. The number of hydrogen-bond acceptors (Lipinski definition) is 13. The van der Waals surface area contributed by atoms with Gasteiger partial charge in [-0.2, -0.15) is 33.7 Å². The summed E-state index contributed by atoms with van der Waals surface area (Å²) < 4.78 is 134. The minimum atomic E-state index is -5.17. The second kappa shape index (κ2) is 11.6. The van der Waals surface area contributed by atoms with Crippen molar-refractivity contribution < 1.29 is 56.7 Å². The molecule has 5 rings (SSSR count). The Balaban J connectivity index is 1.62. The zero-order chi connectivity index (χ0) is 35.6. The van der Waals surface area contributed by atoms with Crippen LogP contribution in [0.5, 0.6) is 0 Å². The Hall–Kier alpha value is -4.48. The fraction of sp³-hybridized carbons (Fsp3) is 0.111. The van der Waals surface area contributed by atoms with Crippen molar-refractivity contribution in [3.63, 3.8) is 0 Å². The summed E-state index contributed by atoms with van der Waals surface area (Å²) in [5.74, 6) is -1.07. The van der Waals surface area contributed by atoms with Gasteiger partial charge < -0.3 is 16.2 Å². The number of carbonyl (C=O) groups excluding carboxylic acids is 1. The molecule has 0 fully saturated rings. The first kappa shape index (κ1) is 34.8. The number of benzene rings is 3. The molecule has 0 aliphatic heterocycles. The minimum Gasteiger partial charge on any atom is -0.351 e. The van der Waals surface area contributed by atoms with Gasteiger partial charge in [0.25, 0.3) is 40.5 Å². The molecule has 0 aromatic heterocycles. The highest BCUT2D eigenvalue weighted by Gasteiger charge is 2.47. The number of carbonyl (C=O) groups is 1. The molecule has 0 amide bonds. The van der Waals surface area contributed by atoms with Gasteiger partial charge in [0.15, 0.2) is 0 Å². The van der Waals surface area contributed by atoms with E-state index in [0.717, 1.165) is 36.4 Å². The summed E-state index contributed by atoms with van der Waals surface area (Å²) >= 11 is 0. The Bertz CT molecular complexity index is 2490. The van der Waals surface area contributed by atoms with Crippen LogP contribution in [0.25, 0.3) is 10.8 Å². The molecule has 0 saturated carbocycles. The van der Waals surface area contributed by atoms with Crippen LogP contribution in [0.2, 0.25) is 0 Å². The lowest BCUT2D eigenvalue weighted by molar-refractivity contribution is -0.113. The van der Waals surface area contributed by atoms with E-state index in [1.54, 1.807) is 0 Å². The van der Waals surface area contributed by atoms with Gasteiger partial charge in [-0.25, -0.2) is 0 Å². The number of Topliss-reactive ketones (excluding diaryl/α,β-unsaturated/α-hetero) is 1. The first-order valence-corrected chi connectivity index (χ1v) is 18.9. The first-order valence-electron chi connectivity index (χ1n) is 13.2. The van der Waals surface area contributed by atoms with Crippen LogP contribution in [-0.4, -0.2) is 63.4 Å². The molecule has 21 heteroatoms. The molecule has 3 aromatic carbocycles. The van der Waals surface area contributed by atoms with Crippen molar-refractivity contribution in [1.82, 2.24) is 0 Å². The van der Waals surface area contributed by atoms with Gasteiger partial charge in [-0.3, -0.25) is 28.4 Å². The normalized spacial score (nSPS) is 19.0. The highest BCUT2D eigenvalue weighted by Crippen LogP contribution is 2.48. The molecular weight excluding hydrogens is 717 g/mol. The van der Waals surface area contributed by atoms with E-state index >= 15 is 0 Å². The maximum Gasteiger partial charge on any atom is 0.296 e. The zero-order valence-corrected chi connectivity index (χ0v) is 27.4. The van der Waals surface area contributed by atoms with E-state index < -0.39 is 84.2 Å². The fourth-order valence-corrected chi connectivity index (χ4v) is 7.85. The minimum absolute atomic E-state index is 0.000826. The summed E-state index contributed by atoms with van der Waals surface area (Å²) in [6.45, 7) is 1.27. The van der Waals surface area contributed by atoms with Gasteiger partial charge in [-0.1, -0.05) is 19.1 Å². The van der Waals surface area contributed by atoms with Crippen molar-refractivity contribution in [3.8, 4) is 0 Å². The van der Waals surface area contributed by atoms with E-state index in [9.17, 15) is 56.7 Å². The lowest BCUT2D eigenvalue weighted by atomic mass is 9.70. The van der Waals surface area contributed by atoms with E-state index in [2.05, 4.69) is 16.2 Å². The molecule has 0 saturated heterocycles. The van der Waals surface area contributed by atoms with E-state index in [1.165, 1.54) is 37.3 Å². The zero-order valence-electron chi connectivity index (χ0n) is 24.2. The number of anilines is 3. The van der Waals surface area contributed by atoms with Crippen LogP contribution in [0.4, 0.5) is 17.1 Å². The highest BCUT2D eigenvalue weighted by molar-refractivity contribution is 7.91. The van der Waals surface area contributed by atoms with Crippen LogP contribution in [0, 0.1) is 10.8 Å². The highest BCUT2D eigenvalue weighted by atomic mass is 32.2. The summed E-state index contributed by atoms with van der Waals surface area (Å²) in [6.07, 6.45) is 1.01.